The van der Waals surface area contributed by atoms with Crippen molar-refractivity contribution in [3.63, 3.8) is 0 Å². The summed E-state index contributed by atoms with van der Waals surface area (Å²) in [6.07, 6.45) is 2.62. The number of methoxy groups -OCH3 is 1. The van der Waals surface area contributed by atoms with Crippen molar-refractivity contribution in [3.05, 3.63) is 52.8 Å². The summed E-state index contributed by atoms with van der Waals surface area (Å²) in [7, 11) is 1.56. The molecular weight excluding hydrogens is 361 g/mol. The van der Waals surface area contributed by atoms with Crippen molar-refractivity contribution in [2.75, 3.05) is 24.4 Å². The van der Waals surface area contributed by atoms with Gasteiger partial charge in [-0.1, -0.05) is 11.6 Å². The maximum absolute atomic E-state index is 13.1. The topological polar surface area (TPSA) is 101 Å². The van der Waals surface area contributed by atoms with Gasteiger partial charge in [-0.15, -0.1) is 0 Å². The molecular formula is C16H17ClFN7O. The van der Waals surface area contributed by atoms with Crippen molar-refractivity contribution in [1.82, 2.24) is 25.1 Å². The van der Waals surface area contributed by atoms with E-state index in [-0.39, 0.29) is 6.04 Å². The highest BCUT2D eigenvalue weighted by atomic mass is 35.5. The number of aromatic nitrogens is 5. The van der Waals surface area contributed by atoms with Crippen molar-refractivity contribution < 1.29 is 9.13 Å². The zero-order valence-corrected chi connectivity index (χ0v) is 14.9. The zero-order valence-electron chi connectivity index (χ0n) is 14.1. The summed E-state index contributed by atoms with van der Waals surface area (Å²) < 4.78 is 18.3. The molecule has 0 saturated carbocycles. The molecule has 0 aromatic carbocycles. The van der Waals surface area contributed by atoms with E-state index in [1.165, 1.54) is 12.3 Å². The van der Waals surface area contributed by atoms with Crippen LogP contribution in [0.1, 0.15) is 17.4 Å². The Morgan fingerprint density at radius 1 is 1.31 bits per heavy atom. The Morgan fingerprint density at radius 3 is 2.81 bits per heavy atom. The highest BCUT2D eigenvalue weighted by Gasteiger charge is 2.16. The molecule has 3 aromatic rings. The number of H-pyrrole nitrogens is 1. The smallest absolute Gasteiger partial charge is 0.225 e. The highest BCUT2D eigenvalue weighted by molar-refractivity contribution is 6.32. The van der Waals surface area contributed by atoms with Gasteiger partial charge in [-0.25, -0.2) is 9.37 Å². The lowest BCUT2D eigenvalue weighted by Crippen LogP contribution is -2.19. The first-order valence-electron chi connectivity index (χ1n) is 7.73. The van der Waals surface area contributed by atoms with E-state index >= 15 is 0 Å². The molecule has 0 unspecified atom stereocenters. The fourth-order valence-electron chi connectivity index (χ4n) is 2.24. The Morgan fingerprint density at radius 2 is 2.15 bits per heavy atom. The summed E-state index contributed by atoms with van der Waals surface area (Å²) in [6.45, 7) is 2.18. The van der Waals surface area contributed by atoms with Crippen LogP contribution in [0.2, 0.25) is 5.02 Å². The molecule has 8 nitrogen and oxygen atoms in total. The predicted molar refractivity (Wildman–Crippen MR) is 96.1 cm³/mol. The summed E-state index contributed by atoms with van der Waals surface area (Å²) in [5, 5.41) is 13.4. The first kappa shape index (κ1) is 18.0. The number of rotatable bonds is 7. The van der Waals surface area contributed by atoms with Gasteiger partial charge in [0, 0.05) is 18.9 Å². The Kier molecular flexibility index (Phi) is 5.59. The van der Waals surface area contributed by atoms with Crippen LogP contribution in [0.4, 0.5) is 22.0 Å². The Hall–Kier alpha value is -2.78. The minimum absolute atomic E-state index is 0.298. The van der Waals surface area contributed by atoms with Crippen molar-refractivity contribution in [3.8, 4) is 0 Å². The number of halogens is 2. The van der Waals surface area contributed by atoms with Gasteiger partial charge in [0.15, 0.2) is 11.6 Å². The molecule has 3 rings (SSSR count). The first-order chi connectivity index (χ1) is 12.5. The van der Waals surface area contributed by atoms with Crippen LogP contribution in [-0.4, -0.2) is 38.9 Å². The number of nitrogens with one attached hydrogen (secondary N) is 3. The van der Waals surface area contributed by atoms with E-state index in [9.17, 15) is 4.39 Å². The van der Waals surface area contributed by atoms with Crippen LogP contribution < -0.4 is 10.6 Å². The fourth-order valence-corrected chi connectivity index (χ4v) is 2.38. The van der Waals surface area contributed by atoms with Gasteiger partial charge in [0.05, 0.1) is 30.7 Å². The number of hydrogen-bond acceptors (Lipinski definition) is 7. The van der Waals surface area contributed by atoms with E-state index in [2.05, 4.69) is 35.8 Å². The summed E-state index contributed by atoms with van der Waals surface area (Å²) in [5.74, 6) is 0.896. The maximum atomic E-state index is 13.1. The van der Waals surface area contributed by atoms with Crippen LogP contribution in [0.3, 0.4) is 0 Å². The summed E-state index contributed by atoms with van der Waals surface area (Å²) in [4.78, 5) is 12.6. The standard InChI is InChI=1S/C16H17ClFN7O/c1-9-5-14(25-24-9)22-15-11(17)7-20-16(23-15)21-13(8-26-2)12-4-3-10(18)6-19-12/h3-7,13H,8H2,1-2H3,(H3,20,21,22,23,24,25)/t13-/m0/s1. The van der Waals surface area contributed by atoms with Crippen LogP contribution in [0.5, 0.6) is 0 Å². The third-order valence-corrected chi connectivity index (χ3v) is 3.72. The molecule has 26 heavy (non-hydrogen) atoms. The largest absolute Gasteiger partial charge is 0.382 e. The number of ether oxygens (including phenoxy) is 1. The zero-order chi connectivity index (χ0) is 18.5. The minimum atomic E-state index is -0.409. The van der Waals surface area contributed by atoms with E-state index in [1.54, 1.807) is 13.2 Å². The average Bonchev–Trinajstić information content (AvgIpc) is 3.03. The van der Waals surface area contributed by atoms with Crippen LogP contribution in [0.25, 0.3) is 0 Å². The molecule has 0 fully saturated rings. The number of nitrogens with zero attached hydrogens (tertiary/aromatic N) is 4. The van der Waals surface area contributed by atoms with Crippen LogP contribution in [-0.2, 0) is 4.74 Å². The predicted octanol–water partition coefficient (Wildman–Crippen LogP) is 3.24. The summed E-state index contributed by atoms with van der Waals surface area (Å²) >= 11 is 6.15. The lowest BCUT2D eigenvalue weighted by molar-refractivity contribution is 0.185. The molecule has 0 radical (unpaired) electrons. The van der Waals surface area contributed by atoms with Crippen LogP contribution in [0, 0.1) is 12.7 Å². The molecule has 0 aliphatic heterocycles. The third-order valence-electron chi connectivity index (χ3n) is 3.44. The molecule has 0 aliphatic rings. The average molecular weight is 378 g/mol. The van der Waals surface area contributed by atoms with Gasteiger partial charge in [0.25, 0.3) is 0 Å². The van der Waals surface area contributed by atoms with Gasteiger partial charge >= 0.3 is 0 Å². The molecule has 0 amide bonds. The lowest BCUT2D eigenvalue weighted by Gasteiger charge is -2.18. The number of anilines is 3. The Labute approximate surface area is 154 Å². The second-order valence-electron chi connectivity index (χ2n) is 5.50. The molecule has 0 bridgehead atoms. The van der Waals surface area contributed by atoms with E-state index in [0.717, 1.165) is 11.9 Å². The number of hydrogen-bond donors (Lipinski definition) is 3. The van der Waals surface area contributed by atoms with Gasteiger partial charge in [0.1, 0.15) is 10.8 Å². The van der Waals surface area contributed by atoms with Crippen molar-refractivity contribution in [1.29, 1.82) is 0 Å². The maximum Gasteiger partial charge on any atom is 0.225 e. The van der Waals surface area contributed by atoms with Gasteiger partial charge in [-0.3, -0.25) is 10.1 Å². The van der Waals surface area contributed by atoms with Crippen LogP contribution >= 0.6 is 11.6 Å². The number of aryl methyl sites for hydroxylation is 1. The number of pyridine rings is 1. The van der Waals surface area contributed by atoms with Gasteiger partial charge in [-0.05, 0) is 19.1 Å². The van der Waals surface area contributed by atoms with Crippen molar-refractivity contribution in [2.24, 2.45) is 0 Å². The molecule has 10 heteroatoms. The highest BCUT2D eigenvalue weighted by Crippen LogP contribution is 2.24. The van der Waals surface area contributed by atoms with Crippen molar-refractivity contribution in [2.45, 2.75) is 13.0 Å². The first-order valence-corrected chi connectivity index (χ1v) is 8.11. The molecule has 0 spiro atoms. The normalized spacial score (nSPS) is 12.0. The molecule has 3 aromatic heterocycles. The summed E-state index contributed by atoms with van der Waals surface area (Å²) in [5.41, 5.74) is 1.50. The Balaban J connectivity index is 1.80. The summed E-state index contributed by atoms with van der Waals surface area (Å²) in [6, 6.07) is 4.37. The third kappa shape index (κ3) is 4.44. The second-order valence-corrected chi connectivity index (χ2v) is 5.91. The SMILES string of the molecule is COC[C@H](Nc1ncc(Cl)c(Nc2cc(C)[nH]n2)n1)c1ccc(F)cn1. The van der Waals surface area contributed by atoms with Gasteiger partial charge < -0.3 is 15.4 Å². The minimum Gasteiger partial charge on any atom is -0.382 e. The molecule has 0 aliphatic carbocycles. The molecule has 3 N–H and O–H groups in total. The molecule has 1 atom stereocenters. The van der Waals surface area contributed by atoms with Gasteiger partial charge in [-0.2, -0.15) is 10.1 Å². The molecule has 3 heterocycles. The number of aromatic amines is 1. The van der Waals surface area contributed by atoms with Crippen molar-refractivity contribution >= 4 is 29.2 Å². The van der Waals surface area contributed by atoms with Crippen LogP contribution in [0.15, 0.2) is 30.6 Å². The monoisotopic (exact) mass is 377 g/mol. The fraction of sp³-hybridized carbons (Fsp3) is 0.250. The van der Waals surface area contributed by atoms with Gasteiger partial charge in [0.2, 0.25) is 5.95 Å². The van der Waals surface area contributed by atoms with E-state index in [0.29, 0.717) is 34.9 Å². The van der Waals surface area contributed by atoms with E-state index in [4.69, 9.17) is 16.3 Å². The molecule has 0 saturated heterocycles. The lowest BCUT2D eigenvalue weighted by atomic mass is 10.2. The second kappa shape index (κ2) is 8.07. The Bertz CT molecular complexity index is 871. The quantitative estimate of drug-likeness (QED) is 0.581. The van der Waals surface area contributed by atoms with E-state index in [1.807, 2.05) is 13.0 Å². The van der Waals surface area contributed by atoms with E-state index < -0.39 is 5.82 Å². The molecule has 136 valence electrons.